The standard InChI is InChI=1S/C15H13ClN2O3S/c16-12-6-2-3-7-13(12)17-9-10-18-15(19)11-5-1-4-8-14(11)22(18,20)21/h1-8,17H,9-10H2. The molecular weight excluding hydrogens is 324 g/mol. The van der Waals surface area contributed by atoms with Crippen molar-refractivity contribution >= 4 is 33.2 Å². The molecule has 1 amide bonds. The van der Waals surface area contributed by atoms with Crippen LogP contribution in [0.1, 0.15) is 10.4 Å². The van der Waals surface area contributed by atoms with E-state index in [1.807, 2.05) is 6.07 Å². The van der Waals surface area contributed by atoms with E-state index in [1.165, 1.54) is 12.1 Å². The molecule has 0 aliphatic carbocycles. The minimum absolute atomic E-state index is 0.0427. The second-order valence-corrected chi connectivity index (χ2v) is 7.02. The van der Waals surface area contributed by atoms with Crippen molar-refractivity contribution in [2.45, 2.75) is 4.90 Å². The lowest BCUT2D eigenvalue weighted by molar-refractivity contribution is 0.0874. The van der Waals surface area contributed by atoms with Gasteiger partial charge in [-0.3, -0.25) is 4.79 Å². The summed E-state index contributed by atoms with van der Waals surface area (Å²) >= 11 is 6.02. The number of carbonyl (C=O) groups excluding carboxylic acids is 1. The zero-order chi connectivity index (χ0) is 15.7. The molecule has 2 aromatic carbocycles. The molecule has 1 aliphatic rings. The van der Waals surface area contributed by atoms with Crippen LogP contribution in [0.2, 0.25) is 5.02 Å². The van der Waals surface area contributed by atoms with E-state index in [-0.39, 0.29) is 23.5 Å². The molecule has 3 rings (SSSR count). The third kappa shape index (κ3) is 2.44. The second kappa shape index (κ2) is 5.62. The number of rotatable bonds is 4. The first-order valence-electron chi connectivity index (χ1n) is 6.66. The molecule has 0 spiro atoms. The molecular formula is C15H13ClN2O3S. The zero-order valence-corrected chi connectivity index (χ0v) is 13.1. The number of hydrogen-bond acceptors (Lipinski definition) is 4. The summed E-state index contributed by atoms with van der Waals surface area (Å²) in [5.41, 5.74) is 0.922. The van der Waals surface area contributed by atoms with Gasteiger partial charge in [0.2, 0.25) is 0 Å². The molecule has 5 nitrogen and oxygen atoms in total. The minimum Gasteiger partial charge on any atom is -0.382 e. The molecule has 0 bridgehead atoms. The lowest BCUT2D eigenvalue weighted by atomic mass is 10.2. The smallest absolute Gasteiger partial charge is 0.269 e. The molecule has 1 N–H and O–H groups in total. The van der Waals surface area contributed by atoms with E-state index in [4.69, 9.17) is 11.6 Å². The average Bonchev–Trinajstić information content (AvgIpc) is 2.70. The summed E-state index contributed by atoms with van der Waals surface area (Å²) < 4.78 is 25.6. The van der Waals surface area contributed by atoms with E-state index in [2.05, 4.69) is 5.32 Å². The summed E-state index contributed by atoms with van der Waals surface area (Å²) in [6, 6.07) is 13.4. The number of sulfonamides is 1. The predicted octanol–water partition coefficient (Wildman–Crippen LogP) is 2.60. The maximum Gasteiger partial charge on any atom is 0.269 e. The molecule has 0 atom stereocenters. The fourth-order valence-electron chi connectivity index (χ4n) is 2.35. The Morgan fingerprint density at radius 3 is 2.45 bits per heavy atom. The van der Waals surface area contributed by atoms with Crippen molar-refractivity contribution in [3.63, 3.8) is 0 Å². The Labute approximate surface area is 133 Å². The first-order valence-corrected chi connectivity index (χ1v) is 8.48. The van der Waals surface area contributed by atoms with Gasteiger partial charge in [0.25, 0.3) is 15.9 Å². The maximum atomic E-state index is 12.4. The number of halogens is 1. The van der Waals surface area contributed by atoms with Gasteiger partial charge in [-0.1, -0.05) is 35.9 Å². The van der Waals surface area contributed by atoms with Crippen LogP contribution in [0.5, 0.6) is 0 Å². The van der Waals surface area contributed by atoms with E-state index >= 15 is 0 Å². The van der Waals surface area contributed by atoms with Crippen LogP contribution in [-0.4, -0.2) is 31.7 Å². The predicted molar refractivity (Wildman–Crippen MR) is 84.6 cm³/mol. The fraction of sp³-hybridized carbons (Fsp3) is 0.133. The summed E-state index contributed by atoms with van der Waals surface area (Å²) in [4.78, 5) is 12.3. The maximum absolute atomic E-state index is 12.4. The Morgan fingerprint density at radius 1 is 1.05 bits per heavy atom. The van der Waals surface area contributed by atoms with Gasteiger partial charge >= 0.3 is 0 Å². The first-order chi connectivity index (χ1) is 10.5. The highest BCUT2D eigenvalue weighted by molar-refractivity contribution is 7.90. The van der Waals surface area contributed by atoms with Gasteiger partial charge in [-0.2, -0.15) is 0 Å². The Balaban J connectivity index is 1.75. The van der Waals surface area contributed by atoms with Crippen LogP contribution < -0.4 is 5.32 Å². The third-order valence-electron chi connectivity index (χ3n) is 3.42. The number of nitrogens with one attached hydrogen (secondary N) is 1. The Hall–Kier alpha value is -2.05. The molecule has 7 heteroatoms. The van der Waals surface area contributed by atoms with Crippen LogP contribution in [0.3, 0.4) is 0 Å². The van der Waals surface area contributed by atoms with Gasteiger partial charge < -0.3 is 5.32 Å². The van der Waals surface area contributed by atoms with Crippen molar-refractivity contribution < 1.29 is 13.2 Å². The monoisotopic (exact) mass is 336 g/mol. The Kier molecular flexibility index (Phi) is 3.80. The molecule has 114 valence electrons. The number of hydrogen-bond donors (Lipinski definition) is 1. The highest BCUT2D eigenvalue weighted by atomic mass is 35.5. The molecule has 0 fully saturated rings. The first kappa shape index (κ1) is 14.9. The number of anilines is 1. The van der Waals surface area contributed by atoms with Gasteiger partial charge in [0.1, 0.15) is 4.90 Å². The lowest BCUT2D eigenvalue weighted by Gasteiger charge is -2.16. The zero-order valence-electron chi connectivity index (χ0n) is 11.5. The number of benzene rings is 2. The summed E-state index contributed by atoms with van der Waals surface area (Å²) in [5.74, 6) is -0.489. The quantitative estimate of drug-likeness (QED) is 0.932. The molecule has 2 aromatic rings. The number of amides is 1. The SMILES string of the molecule is O=C1c2ccccc2S(=O)(=O)N1CCNc1ccccc1Cl. The Morgan fingerprint density at radius 2 is 1.73 bits per heavy atom. The van der Waals surface area contributed by atoms with Crippen LogP contribution in [0.25, 0.3) is 0 Å². The van der Waals surface area contributed by atoms with Crippen molar-refractivity contribution in [1.29, 1.82) is 0 Å². The normalized spacial score (nSPS) is 15.7. The van der Waals surface area contributed by atoms with Crippen LogP contribution in [-0.2, 0) is 10.0 Å². The van der Waals surface area contributed by atoms with Crippen molar-refractivity contribution in [3.8, 4) is 0 Å². The van der Waals surface area contributed by atoms with E-state index in [9.17, 15) is 13.2 Å². The van der Waals surface area contributed by atoms with Gasteiger partial charge in [0.15, 0.2) is 0 Å². The molecule has 0 unspecified atom stereocenters. The topological polar surface area (TPSA) is 66.5 Å². The number of carbonyl (C=O) groups is 1. The average molecular weight is 337 g/mol. The van der Waals surface area contributed by atoms with Crippen molar-refractivity contribution in [2.24, 2.45) is 0 Å². The fourth-order valence-corrected chi connectivity index (χ4v) is 4.12. The van der Waals surface area contributed by atoms with Gasteiger partial charge in [0, 0.05) is 6.54 Å². The largest absolute Gasteiger partial charge is 0.382 e. The molecule has 22 heavy (non-hydrogen) atoms. The summed E-state index contributed by atoms with van der Waals surface area (Å²) in [7, 11) is -3.75. The van der Waals surface area contributed by atoms with E-state index in [0.29, 0.717) is 10.7 Å². The van der Waals surface area contributed by atoms with Gasteiger partial charge in [-0.15, -0.1) is 0 Å². The van der Waals surface area contributed by atoms with Crippen molar-refractivity contribution in [3.05, 3.63) is 59.1 Å². The number of nitrogens with zero attached hydrogens (tertiary/aromatic N) is 1. The molecule has 0 saturated heterocycles. The molecule has 1 aliphatic heterocycles. The summed E-state index contributed by atoms with van der Waals surface area (Å²) in [6.07, 6.45) is 0. The van der Waals surface area contributed by atoms with E-state index in [0.717, 1.165) is 4.31 Å². The van der Waals surface area contributed by atoms with Crippen molar-refractivity contribution in [1.82, 2.24) is 4.31 Å². The lowest BCUT2D eigenvalue weighted by Crippen LogP contribution is -2.34. The number of fused-ring (bicyclic) bond motifs is 1. The van der Waals surface area contributed by atoms with Gasteiger partial charge in [-0.25, -0.2) is 12.7 Å². The third-order valence-corrected chi connectivity index (χ3v) is 5.59. The molecule has 0 saturated carbocycles. The Bertz CT molecular complexity index is 836. The van der Waals surface area contributed by atoms with E-state index < -0.39 is 15.9 Å². The van der Waals surface area contributed by atoms with Crippen LogP contribution in [0.15, 0.2) is 53.4 Å². The van der Waals surface area contributed by atoms with Gasteiger partial charge in [-0.05, 0) is 24.3 Å². The highest BCUT2D eigenvalue weighted by Crippen LogP contribution is 2.29. The molecule has 1 heterocycles. The molecule has 0 aromatic heterocycles. The highest BCUT2D eigenvalue weighted by Gasteiger charge is 2.40. The minimum atomic E-state index is -3.75. The molecule has 0 radical (unpaired) electrons. The second-order valence-electron chi connectivity index (χ2n) is 4.79. The van der Waals surface area contributed by atoms with Crippen LogP contribution in [0, 0.1) is 0 Å². The van der Waals surface area contributed by atoms with Crippen molar-refractivity contribution in [2.75, 3.05) is 18.4 Å². The van der Waals surface area contributed by atoms with Gasteiger partial charge in [0.05, 0.1) is 22.8 Å². The summed E-state index contributed by atoms with van der Waals surface area (Å²) in [5, 5.41) is 3.58. The van der Waals surface area contributed by atoms with Crippen LogP contribution in [0.4, 0.5) is 5.69 Å². The number of para-hydroxylation sites is 1. The summed E-state index contributed by atoms with van der Waals surface area (Å²) in [6.45, 7) is 0.323. The van der Waals surface area contributed by atoms with E-state index in [1.54, 1.807) is 30.3 Å². The van der Waals surface area contributed by atoms with Crippen LogP contribution >= 0.6 is 11.6 Å².